The number of hydrogen-bond donors (Lipinski definition) is 2. The van der Waals surface area contributed by atoms with E-state index in [0.29, 0.717) is 46.7 Å². The smallest absolute Gasteiger partial charge is 0.322 e. The van der Waals surface area contributed by atoms with Crippen molar-refractivity contribution >= 4 is 45.4 Å². The predicted octanol–water partition coefficient (Wildman–Crippen LogP) is 3.78. The van der Waals surface area contributed by atoms with Crippen LogP contribution in [-0.4, -0.2) is 35.2 Å². The maximum absolute atomic E-state index is 12.7. The van der Waals surface area contributed by atoms with Crippen molar-refractivity contribution in [3.05, 3.63) is 51.2 Å². The number of amides is 3. The summed E-state index contributed by atoms with van der Waals surface area (Å²) in [5, 5.41) is 8.16. The molecule has 3 amide bonds. The molecule has 2 aromatic heterocycles. The van der Waals surface area contributed by atoms with Crippen molar-refractivity contribution in [1.29, 1.82) is 0 Å². The maximum Gasteiger partial charge on any atom is 0.322 e. The summed E-state index contributed by atoms with van der Waals surface area (Å²) >= 11 is 2.79. The second-order valence-electron chi connectivity index (χ2n) is 6.49. The van der Waals surface area contributed by atoms with E-state index in [2.05, 4.69) is 15.6 Å². The maximum atomic E-state index is 12.7. The van der Waals surface area contributed by atoms with Gasteiger partial charge in [0.15, 0.2) is 16.6 Å². The average Bonchev–Trinajstić information content (AvgIpc) is 3.46. The second kappa shape index (κ2) is 7.37. The standard InChI is InChI=1S/C19H16N4O4S2/c24-17(15-2-1-7-28-15)22-18-21-12-5-6-23(9-16(12)29-18)19(25)20-11-3-4-13-14(8-11)27-10-26-13/h1-4,7-8H,5-6,9-10H2,(H,20,25)(H,21,22,24). The number of urea groups is 1. The van der Waals surface area contributed by atoms with E-state index in [1.807, 2.05) is 11.4 Å². The summed E-state index contributed by atoms with van der Waals surface area (Å²) in [6.45, 7) is 1.21. The van der Waals surface area contributed by atoms with Crippen LogP contribution >= 0.6 is 22.7 Å². The van der Waals surface area contributed by atoms with E-state index >= 15 is 0 Å². The van der Waals surface area contributed by atoms with Crippen LogP contribution in [0.15, 0.2) is 35.7 Å². The molecule has 0 saturated carbocycles. The van der Waals surface area contributed by atoms with Gasteiger partial charge in [-0.25, -0.2) is 9.78 Å². The highest BCUT2D eigenvalue weighted by Gasteiger charge is 2.25. The molecule has 0 fully saturated rings. The number of ether oxygens (including phenoxy) is 2. The Morgan fingerprint density at radius 3 is 2.90 bits per heavy atom. The highest BCUT2D eigenvalue weighted by Crippen LogP contribution is 2.34. The van der Waals surface area contributed by atoms with Gasteiger partial charge in [0.25, 0.3) is 5.91 Å². The molecule has 0 radical (unpaired) electrons. The number of rotatable bonds is 3. The van der Waals surface area contributed by atoms with Crippen LogP contribution in [0.5, 0.6) is 11.5 Å². The molecule has 0 bridgehead atoms. The van der Waals surface area contributed by atoms with E-state index in [9.17, 15) is 9.59 Å². The zero-order valence-electron chi connectivity index (χ0n) is 15.1. The first-order valence-corrected chi connectivity index (χ1v) is 10.6. The molecule has 2 aliphatic heterocycles. The van der Waals surface area contributed by atoms with Crippen molar-refractivity contribution < 1.29 is 19.1 Å². The van der Waals surface area contributed by atoms with Crippen molar-refractivity contribution in [3.63, 3.8) is 0 Å². The van der Waals surface area contributed by atoms with Gasteiger partial charge >= 0.3 is 6.03 Å². The number of nitrogens with one attached hydrogen (secondary N) is 2. The number of thiophene rings is 1. The minimum atomic E-state index is -0.188. The van der Waals surface area contributed by atoms with E-state index in [1.165, 1.54) is 22.7 Å². The Morgan fingerprint density at radius 2 is 2.03 bits per heavy atom. The molecule has 3 aromatic rings. The van der Waals surface area contributed by atoms with Crippen LogP contribution in [0.2, 0.25) is 0 Å². The van der Waals surface area contributed by atoms with Crippen molar-refractivity contribution in [3.8, 4) is 11.5 Å². The van der Waals surface area contributed by atoms with Gasteiger partial charge in [0, 0.05) is 29.6 Å². The number of carbonyl (C=O) groups excluding carboxylic acids is 2. The largest absolute Gasteiger partial charge is 0.454 e. The Balaban J connectivity index is 1.24. The zero-order valence-corrected chi connectivity index (χ0v) is 16.8. The van der Waals surface area contributed by atoms with Gasteiger partial charge in [-0.15, -0.1) is 11.3 Å². The van der Waals surface area contributed by atoms with Crippen molar-refractivity contribution in [2.24, 2.45) is 0 Å². The summed E-state index contributed by atoms with van der Waals surface area (Å²) in [7, 11) is 0. The molecule has 4 heterocycles. The third-order valence-corrected chi connectivity index (χ3v) is 6.47. The average molecular weight is 428 g/mol. The van der Waals surface area contributed by atoms with Gasteiger partial charge < -0.3 is 19.7 Å². The van der Waals surface area contributed by atoms with Crippen LogP contribution in [0.25, 0.3) is 0 Å². The Labute approximate surface area is 174 Å². The molecule has 1 aromatic carbocycles. The van der Waals surface area contributed by atoms with Crippen molar-refractivity contribution in [1.82, 2.24) is 9.88 Å². The number of nitrogens with zero attached hydrogens (tertiary/aromatic N) is 2. The number of thiazole rings is 1. The van der Waals surface area contributed by atoms with Crippen LogP contribution in [0.3, 0.4) is 0 Å². The minimum absolute atomic E-state index is 0.163. The minimum Gasteiger partial charge on any atom is -0.454 e. The van der Waals surface area contributed by atoms with Crippen LogP contribution in [-0.2, 0) is 13.0 Å². The van der Waals surface area contributed by atoms with Gasteiger partial charge in [-0.3, -0.25) is 10.1 Å². The number of aromatic nitrogens is 1. The molecular formula is C19H16N4O4S2. The second-order valence-corrected chi connectivity index (χ2v) is 8.52. The monoisotopic (exact) mass is 428 g/mol. The highest BCUT2D eigenvalue weighted by atomic mass is 32.1. The normalized spacial score (nSPS) is 14.4. The molecule has 2 aliphatic rings. The lowest BCUT2D eigenvalue weighted by molar-refractivity contribution is 0.103. The molecule has 0 saturated heterocycles. The molecule has 148 valence electrons. The van der Waals surface area contributed by atoms with Gasteiger partial charge in [-0.2, -0.15) is 0 Å². The summed E-state index contributed by atoms with van der Waals surface area (Å²) in [5.41, 5.74) is 1.59. The number of benzene rings is 1. The molecule has 10 heteroatoms. The van der Waals surface area contributed by atoms with Crippen LogP contribution in [0.4, 0.5) is 15.6 Å². The van der Waals surface area contributed by atoms with Gasteiger partial charge in [-0.05, 0) is 23.6 Å². The molecule has 8 nitrogen and oxygen atoms in total. The topological polar surface area (TPSA) is 92.8 Å². The van der Waals surface area contributed by atoms with E-state index in [4.69, 9.17) is 9.47 Å². The van der Waals surface area contributed by atoms with Crippen LogP contribution in [0, 0.1) is 0 Å². The fourth-order valence-electron chi connectivity index (χ4n) is 3.17. The van der Waals surface area contributed by atoms with Crippen LogP contribution in [0.1, 0.15) is 20.2 Å². The first kappa shape index (κ1) is 18.0. The fourth-order valence-corrected chi connectivity index (χ4v) is 4.80. The lowest BCUT2D eigenvalue weighted by atomic mass is 10.2. The molecule has 29 heavy (non-hydrogen) atoms. The predicted molar refractivity (Wildman–Crippen MR) is 110 cm³/mol. The van der Waals surface area contributed by atoms with Gasteiger partial charge in [0.05, 0.1) is 17.1 Å². The number of anilines is 2. The SMILES string of the molecule is O=C(Nc1nc2c(s1)CN(C(=O)Nc1ccc3c(c1)OCO3)CC2)c1cccs1. The van der Waals surface area contributed by atoms with Crippen molar-refractivity contribution in [2.75, 3.05) is 24.0 Å². The lowest BCUT2D eigenvalue weighted by Gasteiger charge is -2.26. The van der Waals surface area contributed by atoms with E-state index in [1.54, 1.807) is 29.2 Å². The molecular weight excluding hydrogens is 412 g/mol. The van der Waals surface area contributed by atoms with Gasteiger partial charge in [0.2, 0.25) is 6.79 Å². The Morgan fingerprint density at radius 1 is 1.14 bits per heavy atom. The fraction of sp³-hybridized carbons (Fsp3) is 0.211. The first-order chi connectivity index (χ1) is 14.2. The molecule has 0 atom stereocenters. The van der Waals surface area contributed by atoms with Crippen LogP contribution < -0.4 is 20.1 Å². The first-order valence-electron chi connectivity index (χ1n) is 8.95. The zero-order chi connectivity index (χ0) is 19.8. The number of carbonyl (C=O) groups is 2. The highest BCUT2D eigenvalue weighted by molar-refractivity contribution is 7.16. The summed E-state index contributed by atoms with van der Waals surface area (Å²) < 4.78 is 10.6. The summed E-state index contributed by atoms with van der Waals surface area (Å²) in [5.74, 6) is 1.13. The third-order valence-electron chi connectivity index (χ3n) is 4.61. The van der Waals surface area contributed by atoms with E-state index < -0.39 is 0 Å². The lowest BCUT2D eigenvalue weighted by Crippen LogP contribution is -2.38. The summed E-state index contributed by atoms with van der Waals surface area (Å²) in [4.78, 5) is 32.8. The van der Waals surface area contributed by atoms with Gasteiger partial charge in [0.1, 0.15) is 0 Å². The summed E-state index contributed by atoms with van der Waals surface area (Å²) in [6, 6.07) is 8.73. The molecule has 0 spiro atoms. The summed E-state index contributed by atoms with van der Waals surface area (Å²) in [6.07, 6.45) is 0.648. The van der Waals surface area contributed by atoms with Crippen molar-refractivity contribution in [2.45, 2.75) is 13.0 Å². The Bertz CT molecular complexity index is 1080. The molecule has 5 rings (SSSR count). The molecule has 2 N–H and O–H groups in total. The molecule has 0 unspecified atom stereocenters. The number of hydrogen-bond acceptors (Lipinski definition) is 7. The van der Waals surface area contributed by atoms with E-state index in [-0.39, 0.29) is 18.7 Å². The Hall–Kier alpha value is -3.11. The third kappa shape index (κ3) is 3.64. The van der Waals surface area contributed by atoms with E-state index in [0.717, 1.165) is 10.6 Å². The number of fused-ring (bicyclic) bond motifs is 2. The van der Waals surface area contributed by atoms with Gasteiger partial charge in [-0.1, -0.05) is 17.4 Å². The quantitative estimate of drug-likeness (QED) is 0.662. The molecule has 0 aliphatic carbocycles. The Kier molecular flexibility index (Phi) is 4.57.